The van der Waals surface area contributed by atoms with E-state index in [-0.39, 0.29) is 11.9 Å². The van der Waals surface area contributed by atoms with E-state index >= 15 is 0 Å². The van der Waals surface area contributed by atoms with E-state index in [4.69, 9.17) is 0 Å². The summed E-state index contributed by atoms with van der Waals surface area (Å²) in [6, 6.07) is 12.2. The lowest BCUT2D eigenvalue weighted by Crippen LogP contribution is -2.65. The van der Waals surface area contributed by atoms with Gasteiger partial charge in [0.1, 0.15) is 17.7 Å². The molecule has 1 saturated heterocycles. The van der Waals surface area contributed by atoms with Gasteiger partial charge in [-0.3, -0.25) is 14.6 Å². The number of hydrogen-bond acceptors (Lipinski definition) is 7. The van der Waals surface area contributed by atoms with Gasteiger partial charge < -0.3 is 15.7 Å². The summed E-state index contributed by atoms with van der Waals surface area (Å²) >= 11 is 0. The number of amidine groups is 1. The van der Waals surface area contributed by atoms with Crippen molar-refractivity contribution in [2.75, 3.05) is 25.0 Å². The molecule has 3 amide bonds. The standard InChI is InChI=1S/C24H30N6O3/c1-3-12-29-22-20(23(32)30(13-4-2)24(29)33)27-21(28-22)17-10-11-19(25-14-17)26-15-18(31)16-8-6-5-7-9-16/h5-11,14,18,20,22,31H,3-4,12-13,15H2,1-2H3,(H,25,26)(H,27,28). The summed E-state index contributed by atoms with van der Waals surface area (Å²) in [5.74, 6) is 0.936. The van der Waals surface area contributed by atoms with E-state index < -0.39 is 18.3 Å². The highest BCUT2D eigenvalue weighted by Gasteiger charge is 2.49. The Bertz CT molecular complexity index is 1010. The van der Waals surface area contributed by atoms with Crippen LogP contribution in [0.15, 0.2) is 53.7 Å². The molecule has 0 bridgehead atoms. The highest BCUT2D eigenvalue weighted by atomic mass is 16.3. The van der Waals surface area contributed by atoms with Crippen molar-refractivity contribution in [1.82, 2.24) is 20.1 Å². The van der Waals surface area contributed by atoms with Gasteiger partial charge in [0.25, 0.3) is 5.91 Å². The first-order valence-electron chi connectivity index (χ1n) is 11.4. The maximum atomic E-state index is 12.9. The van der Waals surface area contributed by atoms with Crippen molar-refractivity contribution in [3.63, 3.8) is 0 Å². The Morgan fingerprint density at radius 3 is 2.52 bits per heavy atom. The number of aliphatic hydroxyl groups is 1. The molecule has 33 heavy (non-hydrogen) atoms. The van der Waals surface area contributed by atoms with Gasteiger partial charge in [-0.25, -0.2) is 14.8 Å². The van der Waals surface area contributed by atoms with Gasteiger partial charge >= 0.3 is 6.03 Å². The van der Waals surface area contributed by atoms with Crippen LogP contribution < -0.4 is 10.6 Å². The molecule has 174 valence electrons. The van der Waals surface area contributed by atoms with Crippen LogP contribution in [0, 0.1) is 0 Å². The molecule has 9 heteroatoms. The van der Waals surface area contributed by atoms with Crippen molar-refractivity contribution in [3.05, 3.63) is 59.8 Å². The molecule has 0 aliphatic carbocycles. The average molecular weight is 451 g/mol. The minimum Gasteiger partial charge on any atom is -0.387 e. The average Bonchev–Trinajstić information content (AvgIpc) is 3.29. The molecule has 3 atom stereocenters. The van der Waals surface area contributed by atoms with Crippen molar-refractivity contribution in [3.8, 4) is 0 Å². The van der Waals surface area contributed by atoms with Crippen LogP contribution in [0.3, 0.4) is 0 Å². The molecule has 0 spiro atoms. The zero-order valence-corrected chi connectivity index (χ0v) is 18.9. The summed E-state index contributed by atoms with van der Waals surface area (Å²) in [6.45, 7) is 5.21. The van der Waals surface area contributed by atoms with Crippen molar-refractivity contribution >= 4 is 23.6 Å². The largest absolute Gasteiger partial charge is 0.387 e. The molecule has 2 aliphatic rings. The molecule has 3 unspecified atom stereocenters. The van der Waals surface area contributed by atoms with Crippen molar-refractivity contribution < 1.29 is 14.7 Å². The molecule has 3 N–H and O–H groups in total. The maximum absolute atomic E-state index is 12.9. The van der Waals surface area contributed by atoms with Crippen molar-refractivity contribution in [2.24, 2.45) is 4.99 Å². The Morgan fingerprint density at radius 1 is 1.09 bits per heavy atom. The Balaban J connectivity index is 1.45. The number of hydrogen-bond donors (Lipinski definition) is 3. The highest BCUT2D eigenvalue weighted by molar-refractivity contribution is 6.08. The van der Waals surface area contributed by atoms with Crippen molar-refractivity contribution in [1.29, 1.82) is 0 Å². The fraction of sp³-hybridized carbons (Fsp3) is 0.417. The second kappa shape index (κ2) is 9.99. The van der Waals surface area contributed by atoms with Crippen LogP contribution in [0.1, 0.15) is 43.9 Å². The zero-order chi connectivity index (χ0) is 23.4. The van der Waals surface area contributed by atoms with Gasteiger partial charge in [0.05, 0.1) is 6.10 Å². The quantitative estimate of drug-likeness (QED) is 0.541. The van der Waals surface area contributed by atoms with Crippen LogP contribution in [-0.4, -0.2) is 69.5 Å². The number of aliphatic imine (C=N–C) groups is 1. The topological polar surface area (TPSA) is 110 Å². The SMILES string of the molecule is CCCN1C(=O)C2NC(c3ccc(NCC(O)c4ccccc4)nc3)=NC2N(CCC)C1=O. The number of aromatic nitrogens is 1. The number of carbonyl (C=O) groups excluding carboxylic acids is 2. The number of imide groups is 1. The fourth-order valence-corrected chi connectivity index (χ4v) is 4.12. The second-order valence-electron chi connectivity index (χ2n) is 8.22. The number of rotatable bonds is 9. The lowest BCUT2D eigenvalue weighted by atomic mass is 10.1. The summed E-state index contributed by atoms with van der Waals surface area (Å²) in [4.78, 5) is 37.9. The first-order valence-corrected chi connectivity index (χ1v) is 11.4. The Labute approximate surface area is 193 Å². The normalized spacial score (nSPS) is 20.9. The molecular weight excluding hydrogens is 420 g/mol. The molecule has 1 aromatic carbocycles. The minimum atomic E-state index is -0.643. The second-order valence-corrected chi connectivity index (χ2v) is 8.22. The predicted octanol–water partition coefficient (Wildman–Crippen LogP) is 2.36. The molecule has 1 fully saturated rings. The highest BCUT2D eigenvalue weighted by Crippen LogP contribution is 2.25. The van der Waals surface area contributed by atoms with Gasteiger partial charge in [-0.15, -0.1) is 0 Å². The van der Waals surface area contributed by atoms with E-state index in [1.54, 1.807) is 17.2 Å². The molecule has 0 saturated carbocycles. The molecule has 0 radical (unpaired) electrons. The van der Waals surface area contributed by atoms with E-state index in [1.807, 2.05) is 50.2 Å². The number of anilines is 1. The van der Waals surface area contributed by atoms with E-state index in [0.29, 0.717) is 37.7 Å². The smallest absolute Gasteiger partial charge is 0.328 e. The summed E-state index contributed by atoms with van der Waals surface area (Å²) in [6.07, 6.45) is 1.97. The van der Waals surface area contributed by atoms with Crippen LogP contribution in [0.2, 0.25) is 0 Å². The number of nitrogens with zero attached hydrogens (tertiary/aromatic N) is 4. The van der Waals surface area contributed by atoms with Crippen LogP contribution >= 0.6 is 0 Å². The van der Waals surface area contributed by atoms with Gasteiger partial charge in [0, 0.05) is 31.4 Å². The Morgan fingerprint density at radius 2 is 1.85 bits per heavy atom. The Kier molecular flexibility index (Phi) is 6.88. The van der Waals surface area contributed by atoms with E-state index in [9.17, 15) is 14.7 Å². The summed E-state index contributed by atoms with van der Waals surface area (Å²) < 4.78 is 0. The number of pyridine rings is 1. The third kappa shape index (κ3) is 4.68. The number of urea groups is 1. The minimum absolute atomic E-state index is 0.237. The van der Waals surface area contributed by atoms with Crippen LogP contribution in [-0.2, 0) is 4.79 Å². The molecule has 2 aliphatic heterocycles. The van der Waals surface area contributed by atoms with Crippen LogP contribution in [0.25, 0.3) is 0 Å². The van der Waals surface area contributed by atoms with Crippen LogP contribution in [0.5, 0.6) is 0 Å². The van der Waals surface area contributed by atoms with Gasteiger partial charge in [-0.05, 0) is 30.5 Å². The van der Waals surface area contributed by atoms with Gasteiger partial charge in [-0.2, -0.15) is 0 Å². The summed E-state index contributed by atoms with van der Waals surface area (Å²) in [7, 11) is 0. The van der Waals surface area contributed by atoms with E-state index in [0.717, 1.165) is 17.5 Å². The van der Waals surface area contributed by atoms with Crippen LogP contribution in [0.4, 0.5) is 10.6 Å². The zero-order valence-electron chi connectivity index (χ0n) is 18.9. The first kappa shape index (κ1) is 22.7. The first-order chi connectivity index (χ1) is 16.0. The number of carbonyl (C=O) groups is 2. The lowest BCUT2D eigenvalue weighted by molar-refractivity contribution is -0.134. The van der Waals surface area contributed by atoms with E-state index in [1.165, 1.54) is 4.90 Å². The number of aliphatic hydroxyl groups excluding tert-OH is 1. The van der Waals surface area contributed by atoms with Gasteiger partial charge in [0.2, 0.25) is 0 Å². The predicted molar refractivity (Wildman–Crippen MR) is 126 cm³/mol. The monoisotopic (exact) mass is 450 g/mol. The number of fused-ring (bicyclic) bond motifs is 1. The molecule has 9 nitrogen and oxygen atoms in total. The van der Waals surface area contributed by atoms with Gasteiger partial charge in [0.15, 0.2) is 6.17 Å². The summed E-state index contributed by atoms with van der Waals surface area (Å²) in [5, 5.41) is 16.7. The third-order valence-electron chi connectivity index (χ3n) is 5.79. The molecule has 2 aromatic rings. The molecule has 1 aromatic heterocycles. The number of benzene rings is 1. The molecule has 4 rings (SSSR count). The summed E-state index contributed by atoms with van der Waals surface area (Å²) in [5.41, 5.74) is 1.57. The van der Waals surface area contributed by atoms with Crippen molar-refractivity contribution in [2.45, 2.75) is 45.0 Å². The Hall–Kier alpha value is -3.46. The maximum Gasteiger partial charge on any atom is 0.328 e. The lowest BCUT2D eigenvalue weighted by Gasteiger charge is -2.40. The number of nitrogens with one attached hydrogen (secondary N) is 2. The molecular formula is C24H30N6O3. The number of amides is 3. The van der Waals surface area contributed by atoms with Gasteiger partial charge in [-0.1, -0.05) is 44.2 Å². The third-order valence-corrected chi connectivity index (χ3v) is 5.79. The fourth-order valence-electron chi connectivity index (χ4n) is 4.12. The van der Waals surface area contributed by atoms with E-state index in [2.05, 4.69) is 20.6 Å². The molecule has 3 heterocycles.